The smallest absolute Gasteiger partial charge is 0.326 e. The average Bonchev–Trinajstić information content (AvgIpc) is 3.02. The minimum Gasteiger partial charge on any atom is -0.480 e. The summed E-state index contributed by atoms with van der Waals surface area (Å²) in [7, 11) is 0. The van der Waals surface area contributed by atoms with E-state index in [0.717, 1.165) is 0 Å². The highest BCUT2D eigenvalue weighted by molar-refractivity contribution is 5.94. The van der Waals surface area contributed by atoms with Gasteiger partial charge in [0.25, 0.3) is 0 Å². The Morgan fingerprint density at radius 3 is 2.50 bits per heavy atom. The molecule has 8 N–H and O–H groups in total. The van der Waals surface area contributed by atoms with Crippen molar-refractivity contribution in [2.45, 2.75) is 50.7 Å². The molecule has 0 spiro atoms. The van der Waals surface area contributed by atoms with Crippen LogP contribution in [0, 0.1) is 0 Å². The van der Waals surface area contributed by atoms with Crippen LogP contribution in [0.1, 0.15) is 32.4 Å². The fourth-order valence-corrected chi connectivity index (χ4v) is 2.06. The second-order valence-electron chi connectivity index (χ2n) is 6.35. The zero-order valence-electron chi connectivity index (χ0n) is 14.6. The van der Waals surface area contributed by atoms with Crippen molar-refractivity contribution >= 4 is 23.7 Å². The van der Waals surface area contributed by atoms with E-state index >= 15 is 0 Å². The number of H-pyrrole nitrogens is 1. The van der Waals surface area contributed by atoms with E-state index in [1.807, 2.05) is 0 Å². The number of hydrogen-bond acceptors (Lipinski definition) is 6. The van der Waals surface area contributed by atoms with Gasteiger partial charge in [-0.3, -0.25) is 14.4 Å². The predicted molar refractivity (Wildman–Crippen MR) is 90.5 cm³/mol. The molecule has 11 heteroatoms. The Morgan fingerprint density at radius 2 is 2.00 bits per heavy atom. The summed E-state index contributed by atoms with van der Waals surface area (Å²) in [5.74, 6) is -3.30. The Hall–Kier alpha value is -2.95. The number of carbonyl (C=O) groups is 4. The molecule has 11 nitrogen and oxygen atoms in total. The second kappa shape index (κ2) is 8.94. The van der Waals surface area contributed by atoms with Crippen LogP contribution in [0.4, 0.5) is 0 Å². The number of carbonyl (C=O) groups excluding carboxylic acids is 3. The molecule has 0 fully saturated rings. The summed E-state index contributed by atoms with van der Waals surface area (Å²) >= 11 is 0. The molecule has 0 saturated heterocycles. The molecule has 0 radical (unpaired) electrons. The van der Waals surface area contributed by atoms with Crippen LogP contribution < -0.4 is 22.1 Å². The van der Waals surface area contributed by atoms with E-state index in [-0.39, 0.29) is 19.3 Å². The molecule has 0 aliphatic carbocycles. The number of aromatic amines is 1. The summed E-state index contributed by atoms with van der Waals surface area (Å²) in [5, 5.41) is 13.9. The predicted octanol–water partition coefficient (Wildman–Crippen LogP) is -1.99. The topological polar surface area (TPSA) is 193 Å². The van der Waals surface area contributed by atoms with E-state index in [1.54, 1.807) is 6.20 Å². The third-order valence-electron chi connectivity index (χ3n) is 3.61. The Balaban J connectivity index is 2.65. The maximum atomic E-state index is 12.3. The van der Waals surface area contributed by atoms with Crippen molar-refractivity contribution in [3.63, 3.8) is 0 Å². The number of primary amides is 1. The third kappa shape index (κ3) is 6.51. The molecule has 0 aliphatic rings. The molecule has 0 saturated carbocycles. The first-order valence-corrected chi connectivity index (χ1v) is 7.90. The summed E-state index contributed by atoms with van der Waals surface area (Å²) in [6.45, 7) is 2.82. The summed E-state index contributed by atoms with van der Waals surface area (Å²) in [6.07, 6.45) is 2.87. The maximum absolute atomic E-state index is 12.3. The van der Waals surface area contributed by atoms with E-state index in [4.69, 9.17) is 16.6 Å². The van der Waals surface area contributed by atoms with Crippen LogP contribution in [0.25, 0.3) is 0 Å². The molecule has 1 aromatic rings. The van der Waals surface area contributed by atoms with Crippen LogP contribution in [-0.2, 0) is 25.6 Å². The minimum absolute atomic E-state index is 0.154. The first-order chi connectivity index (χ1) is 12.0. The maximum Gasteiger partial charge on any atom is 0.326 e. The van der Waals surface area contributed by atoms with Crippen molar-refractivity contribution in [3.05, 3.63) is 18.2 Å². The standard InChI is InChI=1S/C15H24N6O5/c1-15(2,14(26)20-10(13(24)25)3-4-11(17)22)21-12(23)9(16)5-8-6-18-7-19-8/h6-7,9-10H,3-5,16H2,1-2H3,(H2,17,22)(H,18,19)(H,20,26)(H,21,23)(H,24,25)/t9-,10-/m0/s1. The quantitative estimate of drug-likeness (QED) is 0.275. The van der Waals surface area contributed by atoms with Crippen molar-refractivity contribution in [1.82, 2.24) is 20.6 Å². The number of nitrogens with one attached hydrogen (secondary N) is 3. The number of hydrogen-bond donors (Lipinski definition) is 6. The van der Waals surface area contributed by atoms with Gasteiger partial charge in [0, 0.05) is 19.0 Å². The van der Waals surface area contributed by atoms with Gasteiger partial charge in [-0.15, -0.1) is 0 Å². The van der Waals surface area contributed by atoms with Gasteiger partial charge in [-0.2, -0.15) is 0 Å². The number of rotatable bonds is 10. The number of carboxylic acid groups (broad SMARTS) is 1. The van der Waals surface area contributed by atoms with Crippen molar-refractivity contribution in [2.75, 3.05) is 0 Å². The summed E-state index contributed by atoms with van der Waals surface area (Å²) in [4.78, 5) is 53.2. The van der Waals surface area contributed by atoms with Crippen LogP contribution >= 0.6 is 0 Å². The molecule has 0 aliphatic heterocycles. The highest BCUT2D eigenvalue weighted by Gasteiger charge is 2.34. The Morgan fingerprint density at radius 1 is 1.35 bits per heavy atom. The molecule has 0 aromatic carbocycles. The van der Waals surface area contributed by atoms with Crippen LogP contribution in [0.15, 0.2) is 12.5 Å². The van der Waals surface area contributed by atoms with Crippen LogP contribution in [-0.4, -0.2) is 56.4 Å². The van der Waals surface area contributed by atoms with Gasteiger partial charge in [0.2, 0.25) is 17.7 Å². The van der Waals surface area contributed by atoms with Crippen LogP contribution in [0.3, 0.4) is 0 Å². The van der Waals surface area contributed by atoms with E-state index in [0.29, 0.717) is 5.69 Å². The number of nitrogens with two attached hydrogens (primary N) is 2. The Labute approximate surface area is 149 Å². The van der Waals surface area contributed by atoms with E-state index in [2.05, 4.69) is 20.6 Å². The van der Waals surface area contributed by atoms with Crippen molar-refractivity contribution < 1.29 is 24.3 Å². The van der Waals surface area contributed by atoms with Gasteiger partial charge in [0.05, 0.1) is 18.1 Å². The molecule has 1 rings (SSSR count). The highest BCUT2D eigenvalue weighted by atomic mass is 16.4. The zero-order chi connectivity index (χ0) is 19.9. The lowest BCUT2D eigenvalue weighted by molar-refractivity contribution is -0.143. The molecular weight excluding hydrogens is 344 g/mol. The largest absolute Gasteiger partial charge is 0.480 e. The minimum atomic E-state index is -1.42. The van der Waals surface area contributed by atoms with Gasteiger partial charge < -0.3 is 32.2 Å². The monoisotopic (exact) mass is 368 g/mol. The summed E-state index contributed by atoms with van der Waals surface area (Å²) in [5.41, 5.74) is 9.97. The lowest BCUT2D eigenvalue weighted by Crippen LogP contribution is -2.60. The van der Waals surface area contributed by atoms with Crippen molar-refractivity contribution in [3.8, 4) is 0 Å². The van der Waals surface area contributed by atoms with Gasteiger partial charge in [0.1, 0.15) is 11.6 Å². The average molecular weight is 368 g/mol. The van der Waals surface area contributed by atoms with E-state index in [9.17, 15) is 19.2 Å². The Kier molecular flexibility index (Phi) is 7.26. The molecule has 26 heavy (non-hydrogen) atoms. The molecule has 1 heterocycles. The van der Waals surface area contributed by atoms with Gasteiger partial charge in [-0.25, -0.2) is 9.78 Å². The van der Waals surface area contributed by atoms with Crippen LogP contribution in [0.2, 0.25) is 0 Å². The molecule has 144 valence electrons. The highest BCUT2D eigenvalue weighted by Crippen LogP contribution is 2.07. The zero-order valence-corrected chi connectivity index (χ0v) is 14.6. The number of imidazole rings is 1. The van der Waals surface area contributed by atoms with Crippen molar-refractivity contribution in [2.24, 2.45) is 11.5 Å². The fraction of sp³-hybridized carbons (Fsp3) is 0.533. The van der Waals surface area contributed by atoms with Gasteiger partial charge in [0.15, 0.2) is 0 Å². The van der Waals surface area contributed by atoms with Gasteiger partial charge >= 0.3 is 5.97 Å². The van der Waals surface area contributed by atoms with Crippen LogP contribution in [0.5, 0.6) is 0 Å². The number of nitrogens with zero attached hydrogens (tertiary/aromatic N) is 1. The Bertz CT molecular complexity index is 657. The number of aromatic nitrogens is 2. The third-order valence-corrected chi connectivity index (χ3v) is 3.61. The normalized spacial score (nSPS) is 13.5. The molecule has 2 atom stereocenters. The van der Waals surface area contributed by atoms with Crippen molar-refractivity contribution in [1.29, 1.82) is 0 Å². The number of aliphatic carboxylic acids is 1. The lowest BCUT2D eigenvalue weighted by atomic mass is 10.0. The molecular formula is C15H24N6O5. The van der Waals surface area contributed by atoms with Gasteiger partial charge in [-0.1, -0.05) is 0 Å². The molecule has 0 bridgehead atoms. The number of amides is 3. The fourth-order valence-electron chi connectivity index (χ4n) is 2.06. The van der Waals surface area contributed by atoms with E-state index in [1.165, 1.54) is 20.2 Å². The second-order valence-corrected chi connectivity index (χ2v) is 6.35. The van der Waals surface area contributed by atoms with E-state index < -0.39 is 41.3 Å². The molecule has 1 aromatic heterocycles. The number of carboxylic acids is 1. The van der Waals surface area contributed by atoms with Gasteiger partial charge in [-0.05, 0) is 20.3 Å². The summed E-state index contributed by atoms with van der Waals surface area (Å²) in [6, 6.07) is -2.24. The molecule has 3 amide bonds. The first kappa shape index (κ1) is 21.1. The SMILES string of the molecule is CC(C)(NC(=O)[C@@H](N)Cc1c[nH]cn1)C(=O)N[C@@H](CCC(N)=O)C(=O)O. The molecule has 0 unspecified atom stereocenters. The first-order valence-electron chi connectivity index (χ1n) is 7.90. The summed E-state index contributed by atoms with van der Waals surface area (Å²) < 4.78 is 0. The lowest BCUT2D eigenvalue weighted by Gasteiger charge is -2.28.